The molecule has 0 fully saturated rings. The number of carbonyl (C=O) groups is 1. The van der Waals surface area contributed by atoms with Crippen LogP contribution in [0.4, 0.5) is 0 Å². The highest BCUT2D eigenvalue weighted by Crippen LogP contribution is 2.26. The molecule has 3 rings (SSSR count). The van der Waals surface area contributed by atoms with Gasteiger partial charge in [0.05, 0.1) is 0 Å². The smallest absolute Gasteiger partial charge is 0.352 e. The number of carboxylic acid groups (broad SMARTS) is 1. The van der Waals surface area contributed by atoms with Gasteiger partial charge in [-0.3, -0.25) is 0 Å². The van der Waals surface area contributed by atoms with Gasteiger partial charge in [0, 0.05) is 10.9 Å². The van der Waals surface area contributed by atoms with Gasteiger partial charge in [0.1, 0.15) is 5.69 Å². The summed E-state index contributed by atoms with van der Waals surface area (Å²) in [5.74, 6) is -0.936. The van der Waals surface area contributed by atoms with Crippen LogP contribution in [0.5, 0.6) is 0 Å². The van der Waals surface area contributed by atoms with Gasteiger partial charge in [-0.2, -0.15) is 0 Å². The molecule has 3 nitrogen and oxygen atoms in total. The number of aryl methyl sites for hydroxylation is 2. The number of aromatic nitrogens is 1. The number of nitrogens with one attached hydrogen (secondary N) is 1. The van der Waals surface area contributed by atoms with E-state index in [1.54, 1.807) is 6.07 Å². The van der Waals surface area contributed by atoms with Crippen LogP contribution in [-0.4, -0.2) is 16.1 Å². The van der Waals surface area contributed by atoms with E-state index >= 15 is 0 Å². The van der Waals surface area contributed by atoms with E-state index in [2.05, 4.69) is 37.0 Å². The van der Waals surface area contributed by atoms with Crippen LogP contribution in [0.2, 0.25) is 0 Å². The molecule has 0 amide bonds. The Labute approximate surface area is 116 Å². The van der Waals surface area contributed by atoms with E-state index in [-0.39, 0.29) is 5.69 Å². The third-order valence-electron chi connectivity index (χ3n) is 3.69. The van der Waals surface area contributed by atoms with Gasteiger partial charge in [0.2, 0.25) is 0 Å². The lowest BCUT2D eigenvalue weighted by atomic mass is 9.99. The summed E-state index contributed by atoms with van der Waals surface area (Å²) >= 11 is 0. The van der Waals surface area contributed by atoms with Crippen molar-refractivity contribution in [1.82, 2.24) is 4.98 Å². The molecule has 0 saturated carbocycles. The molecule has 0 aliphatic rings. The lowest BCUT2D eigenvalue weighted by Gasteiger charge is -2.05. The van der Waals surface area contributed by atoms with E-state index in [1.807, 2.05) is 18.2 Å². The minimum absolute atomic E-state index is 0.220. The normalized spacial score (nSPS) is 10.9. The van der Waals surface area contributed by atoms with Crippen LogP contribution in [-0.2, 0) is 0 Å². The average molecular weight is 265 g/mol. The van der Waals surface area contributed by atoms with Crippen LogP contribution >= 0.6 is 0 Å². The zero-order valence-corrected chi connectivity index (χ0v) is 11.4. The van der Waals surface area contributed by atoms with Crippen LogP contribution in [0.15, 0.2) is 42.5 Å². The highest BCUT2D eigenvalue weighted by molar-refractivity contribution is 5.95. The van der Waals surface area contributed by atoms with Gasteiger partial charge in [-0.05, 0) is 54.3 Å². The third-order valence-corrected chi connectivity index (χ3v) is 3.69. The third kappa shape index (κ3) is 2.07. The topological polar surface area (TPSA) is 53.1 Å². The quantitative estimate of drug-likeness (QED) is 0.731. The second-order valence-corrected chi connectivity index (χ2v) is 5.09. The van der Waals surface area contributed by atoms with Gasteiger partial charge in [-0.25, -0.2) is 4.79 Å². The molecule has 20 heavy (non-hydrogen) atoms. The number of benzene rings is 2. The van der Waals surface area contributed by atoms with Crippen molar-refractivity contribution in [2.24, 2.45) is 0 Å². The maximum Gasteiger partial charge on any atom is 0.352 e. The SMILES string of the molecule is Cc1ccc(-c2ccc3[nH]c(C(=O)O)cc3c2)cc1C. The first-order valence-electron chi connectivity index (χ1n) is 6.48. The number of hydrogen-bond donors (Lipinski definition) is 2. The molecule has 0 unspecified atom stereocenters. The van der Waals surface area contributed by atoms with Crippen molar-refractivity contribution in [3.8, 4) is 11.1 Å². The largest absolute Gasteiger partial charge is 0.477 e. The Morgan fingerprint density at radius 1 is 0.950 bits per heavy atom. The molecule has 0 spiro atoms. The van der Waals surface area contributed by atoms with Crippen molar-refractivity contribution >= 4 is 16.9 Å². The summed E-state index contributed by atoms with van der Waals surface area (Å²) < 4.78 is 0. The molecular weight excluding hydrogens is 250 g/mol. The Hall–Kier alpha value is -2.55. The summed E-state index contributed by atoms with van der Waals surface area (Å²) in [4.78, 5) is 13.9. The Morgan fingerprint density at radius 3 is 2.35 bits per heavy atom. The predicted molar refractivity (Wildman–Crippen MR) is 80.2 cm³/mol. The van der Waals surface area contributed by atoms with E-state index in [1.165, 1.54) is 11.1 Å². The molecule has 0 aliphatic carbocycles. The standard InChI is InChI=1S/C17H15NO2/c1-10-3-4-12(7-11(10)2)13-5-6-15-14(8-13)9-16(18-15)17(19)20/h3-9,18H,1-2H3,(H,19,20). The molecular formula is C17H15NO2. The zero-order valence-electron chi connectivity index (χ0n) is 11.4. The number of aromatic carboxylic acids is 1. The van der Waals surface area contributed by atoms with Crippen LogP contribution < -0.4 is 0 Å². The van der Waals surface area contributed by atoms with E-state index in [0.717, 1.165) is 22.0 Å². The molecule has 0 atom stereocenters. The van der Waals surface area contributed by atoms with Gasteiger partial charge in [-0.15, -0.1) is 0 Å². The number of rotatable bonds is 2. The van der Waals surface area contributed by atoms with Gasteiger partial charge >= 0.3 is 5.97 Å². The highest BCUT2D eigenvalue weighted by Gasteiger charge is 2.08. The van der Waals surface area contributed by atoms with E-state index in [4.69, 9.17) is 5.11 Å². The number of aromatic amines is 1. The molecule has 0 radical (unpaired) electrons. The summed E-state index contributed by atoms with van der Waals surface area (Å²) in [6.07, 6.45) is 0. The zero-order chi connectivity index (χ0) is 14.3. The fourth-order valence-electron chi connectivity index (χ4n) is 2.35. The molecule has 100 valence electrons. The summed E-state index contributed by atoms with van der Waals surface area (Å²) in [6, 6.07) is 14.0. The number of carboxylic acids is 1. The maximum absolute atomic E-state index is 11.0. The molecule has 3 heteroatoms. The van der Waals surface area contributed by atoms with Crippen molar-refractivity contribution in [3.05, 3.63) is 59.3 Å². The summed E-state index contributed by atoms with van der Waals surface area (Å²) in [7, 11) is 0. The Bertz CT molecular complexity index is 815. The highest BCUT2D eigenvalue weighted by atomic mass is 16.4. The average Bonchev–Trinajstić information content (AvgIpc) is 2.85. The number of H-pyrrole nitrogens is 1. The van der Waals surface area contributed by atoms with Crippen molar-refractivity contribution in [1.29, 1.82) is 0 Å². The van der Waals surface area contributed by atoms with Crippen molar-refractivity contribution < 1.29 is 9.90 Å². The lowest BCUT2D eigenvalue weighted by Crippen LogP contribution is -1.94. The van der Waals surface area contributed by atoms with Crippen LogP contribution in [0.3, 0.4) is 0 Å². The van der Waals surface area contributed by atoms with Gasteiger partial charge in [-0.1, -0.05) is 24.3 Å². The lowest BCUT2D eigenvalue weighted by molar-refractivity contribution is 0.0691. The molecule has 0 aliphatic heterocycles. The van der Waals surface area contributed by atoms with E-state index in [9.17, 15) is 4.79 Å². The van der Waals surface area contributed by atoms with Gasteiger partial charge in [0.15, 0.2) is 0 Å². The first-order valence-corrected chi connectivity index (χ1v) is 6.48. The monoisotopic (exact) mass is 265 g/mol. The van der Waals surface area contributed by atoms with E-state index < -0.39 is 5.97 Å². The second kappa shape index (κ2) is 4.53. The summed E-state index contributed by atoms with van der Waals surface area (Å²) in [5.41, 5.74) is 5.82. The number of hydrogen-bond acceptors (Lipinski definition) is 1. The molecule has 2 N–H and O–H groups in total. The van der Waals surface area contributed by atoms with Crippen molar-refractivity contribution in [3.63, 3.8) is 0 Å². The molecule has 1 heterocycles. The van der Waals surface area contributed by atoms with E-state index in [0.29, 0.717) is 0 Å². The molecule has 0 bridgehead atoms. The summed E-state index contributed by atoms with van der Waals surface area (Å²) in [6.45, 7) is 4.18. The Morgan fingerprint density at radius 2 is 1.65 bits per heavy atom. The second-order valence-electron chi connectivity index (χ2n) is 5.09. The molecule has 2 aromatic carbocycles. The van der Waals surface area contributed by atoms with Crippen LogP contribution in [0, 0.1) is 13.8 Å². The van der Waals surface area contributed by atoms with Crippen molar-refractivity contribution in [2.75, 3.05) is 0 Å². The Balaban J connectivity index is 2.12. The van der Waals surface area contributed by atoms with Gasteiger partial charge < -0.3 is 10.1 Å². The van der Waals surface area contributed by atoms with Crippen LogP contribution in [0.1, 0.15) is 21.6 Å². The molecule has 3 aromatic rings. The molecule has 1 aromatic heterocycles. The first-order chi connectivity index (χ1) is 9.54. The van der Waals surface area contributed by atoms with Crippen LogP contribution in [0.25, 0.3) is 22.0 Å². The molecule has 0 saturated heterocycles. The predicted octanol–water partition coefficient (Wildman–Crippen LogP) is 4.15. The maximum atomic E-state index is 11.0. The Kier molecular flexibility index (Phi) is 2.83. The minimum Gasteiger partial charge on any atom is -0.477 e. The number of fused-ring (bicyclic) bond motifs is 1. The fourth-order valence-corrected chi connectivity index (χ4v) is 2.35. The van der Waals surface area contributed by atoms with Gasteiger partial charge in [0.25, 0.3) is 0 Å². The van der Waals surface area contributed by atoms with Crippen molar-refractivity contribution in [2.45, 2.75) is 13.8 Å². The minimum atomic E-state index is -0.936. The summed E-state index contributed by atoms with van der Waals surface area (Å²) in [5, 5.41) is 9.92. The first kappa shape index (κ1) is 12.5. The fraction of sp³-hybridized carbons (Fsp3) is 0.118.